The Morgan fingerprint density at radius 3 is 2.23 bits per heavy atom. The van der Waals surface area contributed by atoms with Gasteiger partial charge in [-0.05, 0) is 36.2 Å². The van der Waals surface area contributed by atoms with Crippen LogP contribution in [0.5, 0.6) is 0 Å². The molecule has 2 amide bonds. The minimum atomic E-state index is -1.36. The Balaban J connectivity index is 2.07. The zero-order chi connectivity index (χ0) is 22.8. The minimum Gasteiger partial charge on any atom is -0.467 e. The van der Waals surface area contributed by atoms with Crippen LogP contribution in [0.4, 0.5) is 4.39 Å². The Bertz CT molecular complexity index is 921. The lowest BCUT2D eigenvalue weighted by Crippen LogP contribution is -2.52. The van der Waals surface area contributed by atoms with E-state index in [1.54, 1.807) is 24.3 Å². The van der Waals surface area contributed by atoms with E-state index in [4.69, 9.17) is 4.74 Å². The zero-order valence-electron chi connectivity index (χ0n) is 17.3. The summed E-state index contributed by atoms with van der Waals surface area (Å²) in [6.45, 7) is 1.27. The summed E-state index contributed by atoms with van der Waals surface area (Å²) in [4.78, 5) is 37.2. The number of benzene rings is 2. The van der Waals surface area contributed by atoms with Crippen molar-refractivity contribution in [2.45, 2.75) is 36.7 Å². The normalized spacial score (nSPS) is 13.5. The molecule has 0 heterocycles. The monoisotopic (exact) mass is 448 g/mol. The standard InChI is InChI=1S/C22H25FN2O5S/c1-15(26)24-20(14-16-8-10-17(23)11-9-16)21(27)25-19(22(28)30-2)12-13-31(29)18-6-4-3-5-7-18/h3-11,19-20H,12-14H2,1-2H3,(H,24,26)(H,25,27)/t19-,20-,31-/m1/s1. The van der Waals surface area contributed by atoms with E-state index in [1.807, 2.05) is 6.07 Å². The Hall–Kier alpha value is -3.07. The van der Waals surface area contributed by atoms with Gasteiger partial charge in [0.05, 0.1) is 17.9 Å². The van der Waals surface area contributed by atoms with Crippen LogP contribution in [-0.4, -0.2) is 46.9 Å². The fourth-order valence-corrected chi connectivity index (χ4v) is 4.04. The van der Waals surface area contributed by atoms with Gasteiger partial charge < -0.3 is 15.4 Å². The second-order valence-corrected chi connectivity index (χ2v) is 8.39. The van der Waals surface area contributed by atoms with E-state index in [1.165, 1.54) is 38.3 Å². The van der Waals surface area contributed by atoms with E-state index in [9.17, 15) is 23.0 Å². The first kappa shape index (κ1) is 24.2. The summed E-state index contributed by atoms with van der Waals surface area (Å²) in [5.74, 6) is -1.99. The number of rotatable bonds is 10. The van der Waals surface area contributed by atoms with Crippen LogP contribution in [0.15, 0.2) is 59.5 Å². The highest BCUT2D eigenvalue weighted by Crippen LogP contribution is 2.10. The maximum absolute atomic E-state index is 13.1. The molecule has 2 aromatic rings. The van der Waals surface area contributed by atoms with E-state index in [-0.39, 0.29) is 18.6 Å². The largest absolute Gasteiger partial charge is 0.467 e. The van der Waals surface area contributed by atoms with Crippen molar-refractivity contribution in [2.24, 2.45) is 0 Å². The molecule has 0 aliphatic carbocycles. The predicted octanol–water partition coefficient (Wildman–Crippen LogP) is 1.73. The van der Waals surface area contributed by atoms with E-state index in [2.05, 4.69) is 10.6 Å². The van der Waals surface area contributed by atoms with Crippen molar-refractivity contribution in [3.8, 4) is 0 Å². The molecule has 166 valence electrons. The van der Waals surface area contributed by atoms with Gasteiger partial charge in [0.1, 0.15) is 17.9 Å². The number of hydrogen-bond acceptors (Lipinski definition) is 5. The van der Waals surface area contributed by atoms with E-state index < -0.39 is 46.5 Å². The van der Waals surface area contributed by atoms with Crippen molar-refractivity contribution in [1.29, 1.82) is 0 Å². The Morgan fingerprint density at radius 2 is 1.65 bits per heavy atom. The number of carbonyl (C=O) groups is 3. The smallest absolute Gasteiger partial charge is 0.328 e. The lowest BCUT2D eigenvalue weighted by Gasteiger charge is -2.22. The van der Waals surface area contributed by atoms with E-state index in [0.29, 0.717) is 10.5 Å². The average Bonchev–Trinajstić information content (AvgIpc) is 2.77. The third kappa shape index (κ3) is 7.93. The Morgan fingerprint density at radius 1 is 1.00 bits per heavy atom. The third-order valence-corrected chi connectivity index (χ3v) is 5.85. The predicted molar refractivity (Wildman–Crippen MR) is 114 cm³/mol. The van der Waals surface area contributed by atoms with Gasteiger partial charge in [-0.15, -0.1) is 0 Å². The van der Waals surface area contributed by atoms with Crippen molar-refractivity contribution in [3.63, 3.8) is 0 Å². The van der Waals surface area contributed by atoms with Crippen LogP contribution >= 0.6 is 0 Å². The first-order valence-corrected chi connectivity index (χ1v) is 10.9. The molecule has 9 heteroatoms. The first-order valence-electron chi connectivity index (χ1n) is 9.63. The SMILES string of the molecule is COC(=O)[C@@H](CC[S@@](=O)c1ccccc1)NC(=O)[C@@H](Cc1ccc(F)cc1)NC(C)=O. The summed E-state index contributed by atoms with van der Waals surface area (Å²) in [6.07, 6.45) is 0.193. The number of nitrogens with one attached hydrogen (secondary N) is 2. The number of carbonyl (C=O) groups excluding carboxylic acids is 3. The quantitative estimate of drug-likeness (QED) is 0.539. The number of hydrogen-bond donors (Lipinski definition) is 2. The van der Waals surface area contributed by atoms with Gasteiger partial charge >= 0.3 is 5.97 Å². The number of esters is 1. The van der Waals surface area contributed by atoms with Crippen LogP contribution in [0.1, 0.15) is 18.9 Å². The van der Waals surface area contributed by atoms with Gasteiger partial charge in [0, 0.05) is 24.0 Å². The molecular formula is C22H25FN2O5S. The summed E-state index contributed by atoms with van der Waals surface area (Å²) in [7, 11) is -0.161. The molecular weight excluding hydrogens is 423 g/mol. The molecule has 2 rings (SSSR count). The van der Waals surface area contributed by atoms with Gasteiger partial charge in [-0.2, -0.15) is 0 Å². The Kier molecular flexibility index (Phi) is 9.33. The summed E-state index contributed by atoms with van der Waals surface area (Å²) < 4.78 is 30.4. The molecule has 3 atom stereocenters. The van der Waals surface area contributed by atoms with Crippen LogP contribution in [-0.2, 0) is 36.3 Å². The topological polar surface area (TPSA) is 102 Å². The number of methoxy groups -OCH3 is 1. The molecule has 0 fully saturated rings. The molecule has 0 bridgehead atoms. The Labute approximate surface area is 182 Å². The lowest BCUT2D eigenvalue weighted by molar-refractivity contribution is -0.145. The number of amides is 2. The number of ether oxygens (including phenoxy) is 1. The summed E-state index contributed by atoms with van der Waals surface area (Å²) in [5.41, 5.74) is 0.634. The maximum atomic E-state index is 13.1. The van der Waals surface area contributed by atoms with Crippen molar-refractivity contribution in [1.82, 2.24) is 10.6 Å². The fraction of sp³-hybridized carbons (Fsp3) is 0.318. The van der Waals surface area contributed by atoms with Crippen LogP contribution in [0, 0.1) is 5.82 Å². The summed E-state index contributed by atoms with van der Waals surface area (Å²) in [5, 5.41) is 5.11. The molecule has 31 heavy (non-hydrogen) atoms. The molecule has 0 aliphatic heterocycles. The second-order valence-electron chi connectivity index (χ2n) is 6.82. The minimum absolute atomic E-state index is 0.0866. The van der Waals surface area contributed by atoms with Gasteiger partial charge in [0.25, 0.3) is 0 Å². The fourth-order valence-electron chi connectivity index (χ4n) is 2.89. The molecule has 0 aliphatic rings. The maximum Gasteiger partial charge on any atom is 0.328 e. The van der Waals surface area contributed by atoms with Crippen LogP contribution < -0.4 is 10.6 Å². The van der Waals surface area contributed by atoms with Crippen LogP contribution in [0.3, 0.4) is 0 Å². The van der Waals surface area contributed by atoms with Gasteiger partial charge in [-0.25, -0.2) is 9.18 Å². The molecule has 0 unspecified atom stereocenters. The molecule has 7 nitrogen and oxygen atoms in total. The average molecular weight is 449 g/mol. The number of halogens is 1. The molecule has 0 aromatic heterocycles. The van der Waals surface area contributed by atoms with Gasteiger partial charge in [0.15, 0.2) is 0 Å². The van der Waals surface area contributed by atoms with E-state index >= 15 is 0 Å². The highest BCUT2D eigenvalue weighted by atomic mass is 32.2. The summed E-state index contributed by atoms with van der Waals surface area (Å²) in [6, 6.07) is 12.3. The third-order valence-electron chi connectivity index (χ3n) is 4.45. The highest BCUT2D eigenvalue weighted by Gasteiger charge is 2.27. The first-order chi connectivity index (χ1) is 14.8. The second kappa shape index (κ2) is 11.9. The molecule has 0 spiro atoms. The van der Waals surface area contributed by atoms with Gasteiger partial charge in [-0.1, -0.05) is 30.3 Å². The lowest BCUT2D eigenvalue weighted by atomic mass is 10.0. The zero-order valence-corrected chi connectivity index (χ0v) is 18.1. The van der Waals surface area contributed by atoms with Crippen molar-refractivity contribution in [2.75, 3.05) is 12.9 Å². The van der Waals surface area contributed by atoms with Crippen molar-refractivity contribution < 1.29 is 27.7 Å². The molecule has 0 saturated carbocycles. The molecule has 0 radical (unpaired) electrons. The molecule has 0 saturated heterocycles. The van der Waals surface area contributed by atoms with Crippen LogP contribution in [0.2, 0.25) is 0 Å². The van der Waals surface area contributed by atoms with Gasteiger partial charge in [0.2, 0.25) is 11.8 Å². The highest BCUT2D eigenvalue weighted by molar-refractivity contribution is 7.85. The molecule has 2 aromatic carbocycles. The summed E-state index contributed by atoms with van der Waals surface area (Å²) >= 11 is 0. The van der Waals surface area contributed by atoms with E-state index in [0.717, 1.165) is 0 Å². The van der Waals surface area contributed by atoms with Crippen molar-refractivity contribution >= 4 is 28.6 Å². The molecule has 2 N–H and O–H groups in total. The van der Waals surface area contributed by atoms with Crippen molar-refractivity contribution in [3.05, 3.63) is 66.0 Å². The van der Waals surface area contributed by atoms with Gasteiger partial charge in [-0.3, -0.25) is 13.8 Å². The van der Waals surface area contributed by atoms with Crippen LogP contribution in [0.25, 0.3) is 0 Å².